The van der Waals surface area contributed by atoms with Crippen LogP contribution in [0.25, 0.3) is 0 Å². The second kappa shape index (κ2) is 7.03. The molecule has 0 bridgehead atoms. The van der Waals surface area contributed by atoms with Crippen molar-refractivity contribution in [2.45, 2.75) is 29.9 Å². The fourth-order valence-corrected chi connectivity index (χ4v) is 3.62. The molecule has 1 saturated heterocycles. The lowest BCUT2D eigenvalue weighted by atomic mass is 9.78. The van der Waals surface area contributed by atoms with Gasteiger partial charge in [-0.25, -0.2) is 0 Å². The zero-order chi connectivity index (χ0) is 13.2. The summed E-state index contributed by atoms with van der Waals surface area (Å²) in [6.45, 7) is 2.12. The molecule has 20 heavy (non-hydrogen) atoms. The number of thioether (sulfide) groups is 1. The largest absolute Gasteiger partial charge is 0.488 e. The van der Waals surface area contributed by atoms with Crippen molar-refractivity contribution in [2.75, 3.05) is 19.3 Å². The number of halogens is 1. The topological polar surface area (TPSA) is 41.5 Å². The molecule has 0 amide bonds. The van der Waals surface area contributed by atoms with E-state index in [1.54, 1.807) is 11.8 Å². The van der Waals surface area contributed by atoms with Crippen molar-refractivity contribution >= 4 is 24.2 Å². The zero-order valence-corrected chi connectivity index (χ0v) is 13.3. The lowest BCUT2D eigenvalue weighted by Gasteiger charge is -2.35. The number of ether oxygens (including phenoxy) is 1. The lowest BCUT2D eigenvalue weighted by Crippen LogP contribution is -2.42. The van der Waals surface area contributed by atoms with E-state index in [2.05, 4.69) is 23.7 Å². The number of rotatable bonds is 3. The average Bonchev–Trinajstić information content (AvgIpc) is 2.87. The Morgan fingerprint density at radius 2 is 1.80 bits per heavy atom. The Bertz CT molecular complexity index is 428. The minimum atomic E-state index is -0.332. The molecule has 1 aliphatic carbocycles. The maximum absolute atomic E-state index is 10.2. The summed E-state index contributed by atoms with van der Waals surface area (Å²) < 4.78 is 5.99. The SMILES string of the molecule is CSc1ccc(O[C@@H]2C[C@@H]3CNC[C@@H]3C[C@H]2O)cc1.Cl. The summed E-state index contributed by atoms with van der Waals surface area (Å²) >= 11 is 1.72. The van der Waals surface area contributed by atoms with Gasteiger partial charge in [0.15, 0.2) is 0 Å². The Hall–Kier alpha value is -0.420. The van der Waals surface area contributed by atoms with Gasteiger partial charge < -0.3 is 15.2 Å². The number of hydrogen-bond acceptors (Lipinski definition) is 4. The summed E-state index contributed by atoms with van der Waals surface area (Å²) in [5.41, 5.74) is 0. The molecule has 3 nitrogen and oxygen atoms in total. The molecule has 3 rings (SSSR count). The second-order valence-electron chi connectivity index (χ2n) is 5.55. The number of benzene rings is 1. The molecule has 0 unspecified atom stereocenters. The van der Waals surface area contributed by atoms with Gasteiger partial charge in [0.1, 0.15) is 11.9 Å². The Morgan fingerprint density at radius 3 is 2.45 bits per heavy atom. The lowest BCUT2D eigenvalue weighted by molar-refractivity contribution is -0.0231. The Labute approximate surface area is 130 Å². The molecule has 2 N–H and O–H groups in total. The molecule has 2 aliphatic rings. The van der Waals surface area contributed by atoms with E-state index in [-0.39, 0.29) is 24.6 Å². The third-order valence-corrected chi connectivity index (χ3v) is 5.08. The molecular weight excluding hydrogens is 294 g/mol. The number of hydrogen-bond donors (Lipinski definition) is 2. The summed E-state index contributed by atoms with van der Waals surface area (Å²) in [5.74, 6) is 2.17. The molecule has 1 aliphatic heterocycles. The minimum Gasteiger partial charge on any atom is -0.488 e. The van der Waals surface area contributed by atoms with Crippen molar-refractivity contribution in [3.63, 3.8) is 0 Å². The van der Waals surface area contributed by atoms with Crippen LogP contribution < -0.4 is 10.1 Å². The van der Waals surface area contributed by atoms with Crippen LogP contribution in [0, 0.1) is 11.8 Å². The van der Waals surface area contributed by atoms with E-state index in [9.17, 15) is 5.11 Å². The third-order valence-electron chi connectivity index (χ3n) is 4.34. The standard InChI is InChI=1S/C15H21NO2S.ClH/c1-19-13-4-2-12(3-5-13)18-15-7-11-9-16-8-10(11)6-14(15)17;/h2-5,10-11,14-17H,6-9H2,1H3;1H/t10-,11+,14+,15+;/m0./s1. The van der Waals surface area contributed by atoms with Gasteiger partial charge in [0.05, 0.1) is 6.10 Å². The number of aliphatic hydroxyl groups excluding tert-OH is 1. The van der Waals surface area contributed by atoms with Gasteiger partial charge in [-0.05, 0) is 68.3 Å². The van der Waals surface area contributed by atoms with Crippen molar-refractivity contribution in [3.05, 3.63) is 24.3 Å². The molecule has 4 atom stereocenters. The van der Waals surface area contributed by atoms with Gasteiger partial charge in [0, 0.05) is 4.90 Å². The molecule has 5 heteroatoms. The quantitative estimate of drug-likeness (QED) is 0.841. The van der Waals surface area contributed by atoms with E-state index < -0.39 is 0 Å². The van der Waals surface area contributed by atoms with Gasteiger partial charge in [-0.1, -0.05) is 0 Å². The molecule has 0 radical (unpaired) electrons. The van der Waals surface area contributed by atoms with Crippen molar-refractivity contribution in [1.29, 1.82) is 0 Å². The zero-order valence-electron chi connectivity index (χ0n) is 11.6. The summed E-state index contributed by atoms with van der Waals surface area (Å²) in [6.07, 6.45) is 3.50. The molecule has 2 fully saturated rings. The van der Waals surface area contributed by atoms with Crippen LogP contribution in [-0.2, 0) is 0 Å². The maximum atomic E-state index is 10.2. The highest BCUT2D eigenvalue weighted by atomic mass is 35.5. The monoisotopic (exact) mass is 315 g/mol. The van der Waals surface area contributed by atoms with E-state index >= 15 is 0 Å². The van der Waals surface area contributed by atoms with Crippen molar-refractivity contribution in [1.82, 2.24) is 5.32 Å². The number of nitrogens with one attached hydrogen (secondary N) is 1. The number of fused-ring (bicyclic) bond motifs is 1. The second-order valence-corrected chi connectivity index (χ2v) is 6.43. The van der Waals surface area contributed by atoms with Gasteiger partial charge in [0.25, 0.3) is 0 Å². The first-order chi connectivity index (χ1) is 9.26. The summed E-state index contributed by atoms with van der Waals surface area (Å²) in [4.78, 5) is 1.23. The van der Waals surface area contributed by atoms with Crippen LogP contribution in [0.2, 0.25) is 0 Å². The maximum Gasteiger partial charge on any atom is 0.125 e. The number of aliphatic hydroxyl groups is 1. The summed E-state index contributed by atoms with van der Waals surface area (Å²) in [5, 5.41) is 13.6. The molecule has 0 spiro atoms. The Kier molecular flexibility index (Phi) is 5.61. The van der Waals surface area contributed by atoms with Crippen molar-refractivity contribution in [3.8, 4) is 5.75 Å². The fourth-order valence-electron chi connectivity index (χ4n) is 3.21. The average molecular weight is 316 g/mol. The highest BCUT2D eigenvalue weighted by Gasteiger charge is 2.39. The highest BCUT2D eigenvalue weighted by molar-refractivity contribution is 7.98. The van der Waals surface area contributed by atoms with Crippen molar-refractivity contribution in [2.24, 2.45) is 11.8 Å². The molecule has 112 valence electrons. The summed E-state index contributed by atoms with van der Waals surface area (Å²) in [6, 6.07) is 8.12. The molecule has 1 aromatic carbocycles. The Balaban J connectivity index is 0.00000147. The smallest absolute Gasteiger partial charge is 0.125 e. The van der Waals surface area contributed by atoms with Gasteiger partial charge in [-0.3, -0.25) is 0 Å². The van der Waals surface area contributed by atoms with E-state index in [0.717, 1.165) is 31.7 Å². The van der Waals surface area contributed by atoms with E-state index in [1.165, 1.54) is 4.90 Å². The van der Waals surface area contributed by atoms with Gasteiger partial charge in [0.2, 0.25) is 0 Å². The van der Waals surface area contributed by atoms with Crippen LogP contribution in [0.4, 0.5) is 0 Å². The molecule has 1 heterocycles. The first-order valence-electron chi connectivity index (χ1n) is 6.96. The van der Waals surface area contributed by atoms with Gasteiger partial charge >= 0.3 is 0 Å². The molecule has 0 aromatic heterocycles. The van der Waals surface area contributed by atoms with Gasteiger partial charge in [-0.15, -0.1) is 24.2 Å². The third kappa shape index (κ3) is 3.42. The van der Waals surface area contributed by atoms with Crippen LogP contribution in [-0.4, -0.2) is 36.7 Å². The van der Waals surface area contributed by atoms with Crippen LogP contribution in [0.3, 0.4) is 0 Å². The van der Waals surface area contributed by atoms with E-state index in [0.29, 0.717) is 11.8 Å². The Morgan fingerprint density at radius 1 is 1.15 bits per heavy atom. The minimum absolute atomic E-state index is 0. The normalized spacial score (nSPS) is 32.3. The molecule has 1 aromatic rings. The van der Waals surface area contributed by atoms with Gasteiger partial charge in [-0.2, -0.15) is 0 Å². The van der Waals surface area contributed by atoms with Crippen LogP contribution in [0.15, 0.2) is 29.2 Å². The first-order valence-corrected chi connectivity index (χ1v) is 8.18. The molecule has 1 saturated carbocycles. The van der Waals surface area contributed by atoms with E-state index in [4.69, 9.17) is 4.74 Å². The summed E-state index contributed by atoms with van der Waals surface area (Å²) in [7, 11) is 0. The van der Waals surface area contributed by atoms with Crippen LogP contribution >= 0.6 is 24.2 Å². The fraction of sp³-hybridized carbons (Fsp3) is 0.600. The highest BCUT2D eigenvalue weighted by Crippen LogP contribution is 2.35. The predicted molar refractivity (Wildman–Crippen MR) is 85.0 cm³/mol. The predicted octanol–water partition coefficient (Wildman–Crippen LogP) is 2.57. The first kappa shape index (κ1) is 16.0. The van der Waals surface area contributed by atoms with E-state index in [1.807, 2.05) is 12.1 Å². The van der Waals surface area contributed by atoms with Crippen molar-refractivity contribution < 1.29 is 9.84 Å². The molecular formula is C15H22ClNO2S. The van der Waals surface area contributed by atoms with Crippen LogP contribution in [0.1, 0.15) is 12.8 Å². The van der Waals surface area contributed by atoms with Crippen LogP contribution in [0.5, 0.6) is 5.75 Å².